The van der Waals surface area contributed by atoms with Crippen LogP contribution in [0, 0.1) is 0 Å². The van der Waals surface area contributed by atoms with Crippen molar-refractivity contribution >= 4 is 0 Å². The zero-order valence-corrected chi connectivity index (χ0v) is 12.6. The quantitative estimate of drug-likeness (QED) is 0.885. The normalized spacial score (nSPS) is 15.5. The van der Waals surface area contributed by atoms with Crippen LogP contribution in [0.2, 0.25) is 0 Å². The number of ether oxygens (including phenoxy) is 1. The fraction of sp³-hybridized carbons (Fsp3) is 0.471. The van der Waals surface area contributed by atoms with Gasteiger partial charge in [-0.05, 0) is 43.7 Å². The Morgan fingerprint density at radius 3 is 2.95 bits per heavy atom. The number of hydrogen-bond donors (Lipinski definition) is 1. The summed E-state index contributed by atoms with van der Waals surface area (Å²) in [6, 6.07) is 10.8. The highest BCUT2D eigenvalue weighted by atomic mass is 16.5. The first-order valence-electron chi connectivity index (χ1n) is 7.75. The summed E-state index contributed by atoms with van der Waals surface area (Å²) in [4.78, 5) is 0. The van der Waals surface area contributed by atoms with Gasteiger partial charge in [-0.15, -0.1) is 0 Å². The lowest BCUT2D eigenvalue weighted by atomic mass is 10.2. The van der Waals surface area contributed by atoms with Crippen molar-refractivity contribution in [3.63, 3.8) is 0 Å². The molecular weight excluding hydrogens is 262 g/mol. The second-order valence-corrected chi connectivity index (χ2v) is 5.69. The summed E-state index contributed by atoms with van der Waals surface area (Å²) in [5.74, 6) is 0.901. The molecule has 1 aliphatic rings. The van der Waals surface area contributed by atoms with Crippen LogP contribution < -0.4 is 10.1 Å². The van der Waals surface area contributed by atoms with Crippen molar-refractivity contribution in [3.05, 3.63) is 47.8 Å². The molecule has 1 fully saturated rings. The fourth-order valence-electron chi connectivity index (χ4n) is 2.93. The molecule has 3 rings (SSSR count). The van der Waals surface area contributed by atoms with Crippen molar-refractivity contribution in [1.82, 2.24) is 15.1 Å². The topological polar surface area (TPSA) is 39.1 Å². The van der Waals surface area contributed by atoms with E-state index in [9.17, 15) is 0 Å². The van der Waals surface area contributed by atoms with Crippen LogP contribution in [0.1, 0.15) is 43.0 Å². The van der Waals surface area contributed by atoms with Gasteiger partial charge in [0.2, 0.25) is 0 Å². The molecule has 1 saturated carbocycles. The smallest absolute Gasteiger partial charge is 0.132 e. The maximum atomic E-state index is 5.85. The first kappa shape index (κ1) is 14.1. The van der Waals surface area contributed by atoms with Gasteiger partial charge in [-0.2, -0.15) is 5.10 Å². The van der Waals surface area contributed by atoms with Crippen molar-refractivity contribution in [3.8, 4) is 5.75 Å². The third-order valence-electron chi connectivity index (χ3n) is 4.03. The predicted molar refractivity (Wildman–Crippen MR) is 83.3 cm³/mol. The van der Waals surface area contributed by atoms with Crippen LogP contribution >= 0.6 is 0 Å². The molecule has 0 aliphatic heterocycles. The van der Waals surface area contributed by atoms with Crippen molar-refractivity contribution in [2.24, 2.45) is 0 Å². The summed E-state index contributed by atoms with van der Waals surface area (Å²) >= 11 is 0. The molecule has 0 spiro atoms. The second kappa shape index (κ2) is 6.76. The molecule has 0 bridgehead atoms. The highest BCUT2D eigenvalue weighted by Gasteiger charge is 2.17. The van der Waals surface area contributed by atoms with Crippen molar-refractivity contribution in [2.45, 2.75) is 44.9 Å². The predicted octanol–water partition coefficient (Wildman–Crippen LogP) is 3.30. The highest BCUT2D eigenvalue weighted by Crippen LogP contribution is 2.28. The summed E-state index contributed by atoms with van der Waals surface area (Å²) < 4.78 is 7.97. The van der Waals surface area contributed by atoms with Gasteiger partial charge in [0.15, 0.2) is 0 Å². The Morgan fingerprint density at radius 1 is 1.29 bits per heavy atom. The molecule has 112 valence electrons. The molecule has 0 radical (unpaired) electrons. The van der Waals surface area contributed by atoms with Crippen LogP contribution in [-0.2, 0) is 13.2 Å². The van der Waals surface area contributed by atoms with Gasteiger partial charge in [0.25, 0.3) is 0 Å². The van der Waals surface area contributed by atoms with Crippen molar-refractivity contribution in [1.29, 1.82) is 0 Å². The van der Waals surface area contributed by atoms with Crippen LogP contribution in [0.4, 0.5) is 0 Å². The minimum atomic E-state index is 0.530. The van der Waals surface area contributed by atoms with Gasteiger partial charge in [0.1, 0.15) is 12.4 Å². The molecule has 21 heavy (non-hydrogen) atoms. The van der Waals surface area contributed by atoms with E-state index in [4.69, 9.17) is 4.74 Å². The Morgan fingerprint density at radius 2 is 2.14 bits per heavy atom. The van der Waals surface area contributed by atoms with E-state index in [1.54, 1.807) is 0 Å². The molecule has 0 atom stereocenters. The minimum absolute atomic E-state index is 0.530. The molecule has 4 heteroatoms. The highest BCUT2D eigenvalue weighted by molar-refractivity contribution is 5.28. The molecule has 1 aromatic carbocycles. The number of hydrogen-bond acceptors (Lipinski definition) is 3. The van der Waals surface area contributed by atoms with Crippen LogP contribution in [0.15, 0.2) is 36.5 Å². The monoisotopic (exact) mass is 285 g/mol. The van der Waals surface area contributed by atoms with Crippen molar-refractivity contribution in [2.75, 3.05) is 7.05 Å². The Balaban J connectivity index is 1.58. The van der Waals surface area contributed by atoms with E-state index in [1.807, 2.05) is 19.2 Å². The molecule has 4 nitrogen and oxygen atoms in total. The van der Waals surface area contributed by atoms with Crippen LogP contribution in [0.25, 0.3) is 0 Å². The molecule has 0 amide bonds. The van der Waals surface area contributed by atoms with Crippen molar-refractivity contribution < 1.29 is 4.74 Å². The molecule has 1 N–H and O–H groups in total. The molecule has 1 aliphatic carbocycles. The Bertz CT molecular complexity index is 573. The van der Waals surface area contributed by atoms with Gasteiger partial charge in [0.05, 0.1) is 11.7 Å². The van der Waals surface area contributed by atoms with E-state index in [0.29, 0.717) is 12.6 Å². The Hall–Kier alpha value is -1.81. The number of aromatic nitrogens is 2. The first-order valence-corrected chi connectivity index (χ1v) is 7.75. The Labute approximate surface area is 126 Å². The lowest BCUT2D eigenvalue weighted by Crippen LogP contribution is -2.07. The molecule has 1 aromatic heterocycles. The minimum Gasteiger partial charge on any atom is -0.487 e. The van der Waals surface area contributed by atoms with E-state index in [2.05, 4.69) is 39.5 Å². The molecule has 0 unspecified atom stereocenters. The van der Waals surface area contributed by atoms with E-state index in [0.717, 1.165) is 18.0 Å². The first-order chi connectivity index (χ1) is 10.3. The third kappa shape index (κ3) is 3.64. The maximum Gasteiger partial charge on any atom is 0.132 e. The van der Waals surface area contributed by atoms with Gasteiger partial charge < -0.3 is 10.1 Å². The zero-order valence-electron chi connectivity index (χ0n) is 12.6. The van der Waals surface area contributed by atoms with Gasteiger partial charge in [0, 0.05) is 12.7 Å². The average molecular weight is 285 g/mol. The summed E-state index contributed by atoms with van der Waals surface area (Å²) in [5, 5.41) is 7.79. The fourth-order valence-corrected chi connectivity index (χ4v) is 2.93. The lowest BCUT2D eigenvalue weighted by molar-refractivity contribution is 0.297. The molecule has 0 saturated heterocycles. The Kier molecular flexibility index (Phi) is 4.55. The lowest BCUT2D eigenvalue weighted by Gasteiger charge is -2.09. The molecule has 1 heterocycles. The van der Waals surface area contributed by atoms with E-state index >= 15 is 0 Å². The van der Waals surface area contributed by atoms with Crippen LogP contribution in [0.3, 0.4) is 0 Å². The number of rotatable bonds is 6. The van der Waals surface area contributed by atoms with E-state index in [-0.39, 0.29) is 0 Å². The summed E-state index contributed by atoms with van der Waals surface area (Å²) in [6.45, 7) is 1.39. The standard InChI is InChI=1S/C17H23N3O/c1-18-12-14-5-4-8-17(11-14)21-13-15-9-10-20(19-15)16-6-2-3-7-16/h4-5,8-11,16,18H,2-3,6-7,12-13H2,1H3. The van der Waals surface area contributed by atoms with Gasteiger partial charge in [-0.3, -0.25) is 4.68 Å². The molecule has 2 aromatic rings. The van der Waals surface area contributed by atoms with Crippen LogP contribution in [0.5, 0.6) is 5.75 Å². The van der Waals surface area contributed by atoms with Gasteiger partial charge in [-0.25, -0.2) is 0 Å². The van der Waals surface area contributed by atoms with E-state index in [1.165, 1.54) is 31.2 Å². The third-order valence-corrected chi connectivity index (χ3v) is 4.03. The van der Waals surface area contributed by atoms with Crippen LogP contribution in [-0.4, -0.2) is 16.8 Å². The average Bonchev–Trinajstić information content (AvgIpc) is 3.17. The zero-order chi connectivity index (χ0) is 14.5. The molecular formula is C17H23N3O. The number of nitrogens with one attached hydrogen (secondary N) is 1. The van der Waals surface area contributed by atoms with Gasteiger partial charge >= 0.3 is 0 Å². The number of benzene rings is 1. The van der Waals surface area contributed by atoms with Gasteiger partial charge in [-0.1, -0.05) is 25.0 Å². The summed E-state index contributed by atoms with van der Waals surface area (Å²) in [5.41, 5.74) is 2.23. The second-order valence-electron chi connectivity index (χ2n) is 5.69. The van der Waals surface area contributed by atoms with E-state index < -0.39 is 0 Å². The number of nitrogens with zero attached hydrogens (tertiary/aromatic N) is 2. The summed E-state index contributed by atoms with van der Waals surface area (Å²) in [7, 11) is 1.95. The SMILES string of the molecule is CNCc1cccc(OCc2ccn(C3CCCC3)n2)c1. The summed E-state index contributed by atoms with van der Waals surface area (Å²) in [6.07, 6.45) is 7.26. The maximum absolute atomic E-state index is 5.85. The largest absolute Gasteiger partial charge is 0.487 e.